The van der Waals surface area contributed by atoms with Gasteiger partial charge >= 0.3 is 0 Å². The highest BCUT2D eigenvalue weighted by Crippen LogP contribution is 2.23. The quantitative estimate of drug-likeness (QED) is 0.741. The molecule has 1 heterocycles. The topological polar surface area (TPSA) is 3.24 Å². The summed E-state index contributed by atoms with van der Waals surface area (Å²) in [5, 5.41) is 0.318. The fourth-order valence-electron chi connectivity index (χ4n) is 2.37. The van der Waals surface area contributed by atoms with Gasteiger partial charge in [0.05, 0.1) is 0 Å². The number of likely N-dealkylation sites (tertiary alicyclic amines) is 1. The molecule has 0 aliphatic carbocycles. The fraction of sp³-hybridized carbons (Fsp3) is 0.600. The number of aryl methyl sites for hydroxylation is 1. The lowest BCUT2D eigenvalue weighted by Gasteiger charge is -2.33. The van der Waals surface area contributed by atoms with Gasteiger partial charge in [-0.15, -0.1) is 11.6 Å². The molecule has 0 saturated carbocycles. The van der Waals surface area contributed by atoms with Crippen LogP contribution in [0.5, 0.6) is 0 Å². The molecule has 2 atom stereocenters. The van der Waals surface area contributed by atoms with Gasteiger partial charge in [-0.1, -0.05) is 38.1 Å². The fourth-order valence-corrected chi connectivity index (χ4v) is 2.69. The summed E-state index contributed by atoms with van der Waals surface area (Å²) in [6, 6.07) is 8.97. The molecular formula is C15H22ClN. The highest BCUT2D eigenvalue weighted by molar-refractivity contribution is 6.21. The summed E-state index contributed by atoms with van der Waals surface area (Å²) in [5.41, 5.74) is 2.82. The van der Waals surface area contributed by atoms with Crippen molar-refractivity contribution >= 4 is 11.6 Å². The van der Waals surface area contributed by atoms with Gasteiger partial charge in [0.25, 0.3) is 0 Å². The molecule has 1 saturated heterocycles. The molecule has 2 rings (SSSR count). The molecule has 1 aromatic rings. The zero-order valence-electron chi connectivity index (χ0n) is 10.8. The SMILES string of the molecule is CCc1ccc(CN2CCC(C)C(Cl)C2)cc1. The van der Waals surface area contributed by atoms with Crippen molar-refractivity contribution in [3.8, 4) is 0 Å². The van der Waals surface area contributed by atoms with Gasteiger partial charge in [0.15, 0.2) is 0 Å². The first-order chi connectivity index (χ1) is 8.19. The van der Waals surface area contributed by atoms with Gasteiger partial charge in [-0.2, -0.15) is 0 Å². The zero-order chi connectivity index (χ0) is 12.3. The molecule has 1 fully saturated rings. The van der Waals surface area contributed by atoms with E-state index in [1.807, 2.05) is 0 Å². The molecule has 0 radical (unpaired) electrons. The molecule has 0 N–H and O–H groups in total. The van der Waals surface area contributed by atoms with Crippen LogP contribution in [0.1, 0.15) is 31.4 Å². The maximum Gasteiger partial charge on any atom is 0.0489 e. The van der Waals surface area contributed by atoms with Crippen molar-refractivity contribution in [3.05, 3.63) is 35.4 Å². The lowest BCUT2D eigenvalue weighted by Crippen LogP contribution is -2.39. The first-order valence-electron chi connectivity index (χ1n) is 6.63. The molecule has 1 aliphatic heterocycles. The molecule has 0 aromatic heterocycles. The third kappa shape index (κ3) is 3.46. The summed E-state index contributed by atoms with van der Waals surface area (Å²) in [7, 11) is 0. The molecular weight excluding hydrogens is 230 g/mol. The molecule has 1 aliphatic rings. The maximum absolute atomic E-state index is 6.33. The van der Waals surface area contributed by atoms with E-state index >= 15 is 0 Å². The Balaban J connectivity index is 1.92. The number of piperidine rings is 1. The summed E-state index contributed by atoms with van der Waals surface area (Å²) < 4.78 is 0. The lowest BCUT2D eigenvalue weighted by molar-refractivity contribution is 0.189. The number of hydrogen-bond acceptors (Lipinski definition) is 1. The number of benzene rings is 1. The van der Waals surface area contributed by atoms with Gasteiger partial charge in [-0.25, -0.2) is 0 Å². The molecule has 1 nitrogen and oxygen atoms in total. The van der Waals surface area contributed by atoms with E-state index in [1.54, 1.807) is 0 Å². The van der Waals surface area contributed by atoms with Crippen molar-refractivity contribution in [1.82, 2.24) is 4.90 Å². The highest BCUT2D eigenvalue weighted by Gasteiger charge is 2.23. The van der Waals surface area contributed by atoms with Crippen LogP contribution in [0, 0.1) is 5.92 Å². The summed E-state index contributed by atoms with van der Waals surface area (Å²) in [6.45, 7) is 7.70. The molecule has 0 spiro atoms. The Bertz CT molecular complexity index is 346. The Morgan fingerprint density at radius 2 is 1.88 bits per heavy atom. The van der Waals surface area contributed by atoms with Gasteiger partial charge in [-0.05, 0) is 36.4 Å². The van der Waals surface area contributed by atoms with Crippen molar-refractivity contribution in [3.63, 3.8) is 0 Å². The van der Waals surface area contributed by atoms with Crippen LogP contribution in [0.2, 0.25) is 0 Å². The predicted octanol–water partition coefficient (Wildman–Crippen LogP) is 3.70. The molecule has 2 unspecified atom stereocenters. The highest BCUT2D eigenvalue weighted by atomic mass is 35.5. The molecule has 2 heteroatoms. The van der Waals surface area contributed by atoms with E-state index in [9.17, 15) is 0 Å². The van der Waals surface area contributed by atoms with Crippen LogP contribution in [0.3, 0.4) is 0 Å². The van der Waals surface area contributed by atoms with E-state index in [0.717, 1.165) is 19.5 Å². The third-order valence-corrected chi connectivity index (χ3v) is 4.36. The maximum atomic E-state index is 6.33. The summed E-state index contributed by atoms with van der Waals surface area (Å²) in [6.07, 6.45) is 2.34. The number of alkyl halides is 1. The van der Waals surface area contributed by atoms with E-state index in [0.29, 0.717) is 11.3 Å². The lowest BCUT2D eigenvalue weighted by atomic mass is 9.98. The van der Waals surface area contributed by atoms with Crippen molar-refractivity contribution in [2.24, 2.45) is 5.92 Å². The summed E-state index contributed by atoms with van der Waals surface area (Å²) >= 11 is 6.33. The van der Waals surface area contributed by atoms with E-state index in [4.69, 9.17) is 11.6 Å². The number of nitrogens with zero attached hydrogens (tertiary/aromatic N) is 1. The van der Waals surface area contributed by atoms with Gasteiger partial charge in [0.1, 0.15) is 0 Å². The van der Waals surface area contributed by atoms with E-state index in [2.05, 4.69) is 43.0 Å². The van der Waals surface area contributed by atoms with Crippen molar-refractivity contribution in [1.29, 1.82) is 0 Å². The Morgan fingerprint density at radius 3 is 2.47 bits per heavy atom. The average Bonchev–Trinajstić information content (AvgIpc) is 2.35. The summed E-state index contributed by atoms with van der Waals surface area (Å²) in [4.78, 5) is 2.47. The van der Waals surface area contributed by atoms with Crippen LogP contribution in [0.25, 0.3) is 0 Å². The van der Waals surface area contributed by atoms with Crippen molar-refractivity contribution in [2.75, 3.05) is 13.1 Å². The molecule has 1 aromatic carbocycles. The van der Waals surface area contributed by atoms with E-state index < -0.39 is 0 Å². The normalized spacial score (nSPS) is 26.1. The van der Waals surface area contributed by atoms with Crippen LogP contribution in [-0.4, -0.2) is 23.4 Å². The minimum Gasteiger partial charge on any atom is -0.298 e. The minimum absolute atomic E-state index is 0.318. The first kappa shape index (κ1) is 12.9. The number of halogens is 1. The van der Waals surface area contributed by atoms with Gasteiger partial charge in [-0.3, -0.25) is 4.90 Å². The van der Waals surface area contributed by atoms with Gasteiger partial charge < -0.3 is 0 Å². The second kappa shape index (κ2) is 5.88. The van der Waals surface area contributed by atoms with E-state index in [1.165, 1.54) is 24.1 Å². The van der Waals surface area contributed by atoms with E-state index in [-0.39, 0.29) is 0 Å². The smallest absolute Gasteiger partial charge is 0.0489 e. The standard InChI is InChI=1S/C15H22ClN/c1-3-13-4-6-14(7-5-13)10-17-9-8-12(2)15(16)11-17/h4-7,12,15H,3,8-11H2,1-2H3. The van der Waals surface area contributed by atoms with Crippen LogP contribution >= 0.6 is 11.6 Å². The van der Waals surface area contributed by atoms with Crippen LogP contribution in [0.4, 0.5) is 0 Å². The number of hydrogen-bond donors (Lipinski definition) is 0. The Morgan fingerprint density at radius 1 is 1.24 bits per heavy atom. The monoisotopic (exact) mass is 251 g/mol. The molecule has 0 amide bonds. The van der Waals surface area contributed by atoms with Gasteiger partial charge in [0.2, 0.25) is 0 Å². The second-order valence-electron chi connectivity index (χ2n) is 5.19. The average molecular weight is 252 g/mol. The van der Waals surface area contributed by atoms with Crippen molar-refractivity contribution in [2.45, 2.75) is 38.6 Å². The minimum atomic E-state index is 0.318. The van der Waals surface area contributed by atoms with Gasteiger partial charge in [0, 0.05) is 18.5 Å². The molecule has 17 heavy (non-hydrogen) atoms. The Labute approximate surface area is 110 Å². The first-order valence-corrected chi connectivity index (χ1v) is 7.07. The van der Waals surface area contributed by atoms with Crippen LogP contribution in [-0.2, 0) is 13.0 Å². The summed E-state index contributed by atoms with van der Waals surface area (Å²) in [5.74, 6) is 0.662. The number of rotatable bonds is 3. The predicted molar refractivity (Wildman–Crippen MR) is 74.5 cm³/mol. The second-order valence-corrected chi connectivity index (χ2v) is 5.75. The van der Waals surface area contributed by atoms with Crippen LogP contribution in [0.15, 0.2) is 24.3 Å². The zero-order valence-corrected chi connectivity index (χ0v) is 11.6. The van der Waals surface area contributed by atoms with Crippen molar-refractivity contribution < 1.29 is 0 Å². The molecule has 94 valence electrons. The Hall–Kier alpha value is -0.530. The van der Waals surface area contributed by atoms with Crippen LogP contribution < -0.4 is 0 Å². The third-order valence-electron chi connectivity index (χ3n) is 3.79. The largest absolute Gasteiger partial charge is 0.298 e. The molecule has 0 bridgehead atoms. The Kier molecular flexibility index (Phi) is 4.47.